The second kappa shape index (κ2) is 9.19. The van der Waals surface area contributed by atoms with Crippen molar-refractivity contribution in [2.24, 2.45) is 0 Å². The number of carbonyl (C=O) groups is 1. The minimum absolute atomic E-state index is 0.0638. The maximum atomic E-state index is 13.1. The largest absolute Gasteiger partial charge is 0.421 e. The molecule has 35 heavy (non-hydrogen) atoms. The van der Waals surface area contributed by atoms with Gasteiger partial charge in [-0.25, -0.2) is 4.79 Å². The first-order valence-electron chi connectivity index (χ1n) is 12.1. The van der Waals surface area contributed by atoms with Gasteiger partial charge >= 0.3 is 5.76 Å². The van der Waals surface area contributed by atoms with Gasteiger partial charge in [-0.1, -0.05) is 35.9 Å². The monoisotopic (exact) mass is 469 g/mol. The Bertz CT molecular complexity index is 1470. The zero-order valence-electron chi connectivity index (χ0n) is 20.8. The van der Waals surface area contributed by atoms with E-state index in [0.29, 0.717) is 23.4 Å². The number of benzene rings is 3. The minimum atomic E-state index is -0.392. The van der Waals surface area contributed by atoms with E-state index in [-0.39, 0.29) is 5.78 Å². The molecule has 0 radical (unpaired) electrons. The molecular weight excluding hydrogens is 438 g/mol. The van der Waals surface area contributed by atoms with Crippen LogP contribution in [0.5, 0.6) is 0 Å². The van der Waals surface area contributed by atoms with E-state index in [1.807, 2.05) is 44.2 Å². The van der Waals surface area contributed by atoms with Gasteiger partial charge in [0.2, 0.25) is 0 Å². The van der Waals surface area contributed by atoms with Crippen LogP contribution in [-0.2, 0) is 6.67 Å². The zero-order chi connectivity index (χ0) is 24.7. The van der Waals surface area contributed by atoms with Gasteiger partial charge in [0, 0.05) is 43.0 Å². The second-order valence-corrected chi connectivity index (χ2v) is 9.59. The third-order valence-corrected chi connectivity index (χ3v) is 7.17. The predicted octanol–water partition coefficient (Wildman–Crippen LogP) is 4.84. The Kier molecular flexibility index (Phi) is 6.07. The molecule has 0 amide bonds. The van der Waals surface area contributed by atoms with Crippen molar-refractivity contribution in [2.45, 2.75) is 34.4 Å². The summed E-state index contributed by atoms with van der Waals surface area (Å²) in [6, 6.07) is 17.6. The van der Waals surface area contributed by atoms with Crippen molar-refractivity contribution in [3.63, 3.8) is 0 Å². The Hall–Kier alpha value is -3.64. The zero-order valence-corrected chi connectivity index (χ0v) is 20.8. The van der Waals surface area contributed by atoms with Gasteiger partial charge in [0.15, 0.2) is 11.4 Å². The summed E-state index contributed by atoms with van der Waals surface area (Å²) in [5.74, 6) is -0.456. The van der Waals surface area contributed by atoms with Crippen LogP contribution in [0.2, 0.25) is 0 Å². The first kappa shape index (κ1) is 23.1. The number of piperazine rings is 1. The number of hydrogen-bond donors (Lipinski definition) is 0. The summed E-state index contributed by atoms with van der Waals surface area (Å²) < 4.78 is 7.26. The summed E-state index contributed by atoms with van der Waals surface area (Å²) in [5.41, 5.74) is 8.15. The molecule has 0 saturated carbocycles. The number of fused-ring (bicyclic) bond motifs is 1. The normalized spacial score (nSPS) is 14.6. The fraction of sp³-hybridized carbons (Fsp3) is 0.310. The second-order valence-electron chi connectivity index (χ2n) is 9.59. The molecule has 0 N–H and O–H groups in total. The molecule has 0 spiro atoms. The fourth-order valence-electron chi connectivity index (χ4n) is 4.94. The summed E-state index contributed by atoms with van der Waals surface area (Å²) in [5, 5.41) is 0. The van der Waals surface area contributed by atoms with E-state index in [1.165, 1.54) is 16.8 Å². The molecule has 1 saturated heterocycles. The van der Waals surface area contributed by atoms with Gasteiger partial charge in [0.1, 0.15) is 0 Å². The molecule has 1 aliphatic rings. The molecule has 6 nitrogen and oxygen atoms in total. The summed E-state index contributed by atoms with van der Waals surface area (Å²) >= 11 is 0. The number of nitrogens with zero attached hydrogens (tertiary/aromatic N) is 3. The van der Waals surface area contributed by atoms with Gasteiger partial charge in [0.25, 0.3) is 0 Å². The molecule has 2 heterocycles. The molecule has 6 heteroatoms. The lowest BCUT2D eigenvalue weighted by atomic mass is 9.97. The summed E-state index contributed by atoms with van der Waals surface area (Å²) in [6.45, 7) is 12.2. The molecule has 1 fully saturated rings. The first-order valence-corrected chi connectivity index (χ1v) is 12.1. The van der Waals surface area contributed by atoms with Crippen molar-refractivity contribution in [3.05, 3.63) is 98.5 Å². The van der Waals surface area contributed by atoms with Crippen molar-refractivity contribution < 1.29 is 9.21 Å². The van der Waals surface area contributed by atoms with E-state index in [0.717, 1.165) is 42.8 Å². The van der Waals surface area contributed by atoms with Crippen LogP contribution < -0.4 is 10.7 Å². The number of hydrogen-bond acceptors (Lipinski definition) is 5. The average Bonchev–Trinajstić information content (AvgIpc) is 3.14. The Morgan fingerprint density at radius 3 is 2.37 bits per heavy atom. The number of aryl methyl sites for hydroxylation is 3. The van der Waals surface area contributed by atoms with Crippen molar-refractivity contribution in [1.29, 1.82) is 0 Å². The van der Waals surface area contributed by atoms with Crippen LogP contribution in [0.4, 0.5) is 5.69 Å². The highest BCUT2D eigenvalue weighted by Gasteiger charge is 2.22. The Morgan fingerprint density at radius 2 is 1.63 bits per heavy atom. The molecule has 0 aliphatic carbocycles. The van der Waals surface area contributed by atoms with E-state index in [1.54, 1.807) is 10.6 Å². The highest BCUT2D eigenvalue weighted by molar-refractivity contribution is 6.11. The van der Waals surface area contributed by atoms with E-state index >= 15 is 0 Å². The number of ketones is 1. The topological polar surface area (TPSA) is 58.7 Å². The van der Waals surface area contributed by atoms with Crippen molar-refractivity contribution in [3.8, 4) is 0 Å². The molecule has 180 valence electrons. The Balaban J connectivity index is 1.36. The highest BCUT2D eigenvalue weighted by atomic mass is 16.4. The summed E-state index contributed by atoms with van der Waals surface area (Å²) in [6.07, 6.45) is 0. The standard InChI is InChI=1S/C29H31N3O3/c1-19-7-5-9-23(15-19)28(33)24-17-27-26(16-21(24)3)32(29(34)35-27)18-30-11-13-31(14-12-30)25-10-6-8-20(2)22(25)4/h5-10,15-17H,11-14,18H2,1-4H3. The molecule has 0 atom stereocenters. The number of rotatable bonds is 5. The number of oxazole rings is 1. The number of anilines is 1. The molecule has 1 aliphatic heterocycles. The van der Waals surface area contributed by atoms with E-state index in [2.05, 4.69) is 41.8 Å². The maximum absolute atomic E-state index is 13.1. The lowest BCUT2D eigenvalue weighted by Crippen LogP contribution is -2.47. The number of carbonyl (C=O) groups excluding carboxylic acids is 1. The predicted molar refractivity (Wildman–Crippen MR) is 140 cm³/mol. The van der Waals surface area contributed by atoms with Crippen LogP contribution in [0, 0.1) is 27.7 Å². The highest BCUT2D eigenvalue weighted by Crippen LogP contribution is 2.25. The average molecular weight is 470 g/mol. The van der Waals surface area contributed by atoms with Crippen LogP contribution in [0.1, 0.15) is 38.2 Å². The molecular formula is C29H31N3O3. The van der Waals surface area contributed by atoms with E-state index < -0.39 is 5.76 Å². The summed E-state index contributed by atoms with van der Waals surface area (Å²) in [7, 11) is 0. The van der Waals surface area contributed by atoms with E-state index in [9.17, 15) is 9.59 Å². The quantitative estimate of drug-likeness (QED) is 0.392. The summed E-state index contributed by atoms with van der Waals surface area (Å²) in [4.78, 5) is 30.6. The Labute approximate surface area is 205 Å². The fourth-order valence-corrected chi connectivity index (χ4v) is 4.94. The SMILES string of the molecule is Cc1cccc(C(=O)c2cc3oc(=O)n(CN4CCN(c5cccc(C)c5C)CC4)c3cc2C)c1. The third-order valence-electron chi connectivity index (χ3n) is 7.17. The van der Waals surface area contributed by atoms with Crippen LogP contribution in [0.15, 0.2) is 63.8 Å². The molecule has 3 aromatic carbocycles. The number of aromatic nitrogens is 1. The van der Waals surface area contributed by atoms with Gasteiger partial charge in [0.05, 0.1) is 12.2 Å². The lowest BCUT2D eigenvalue weighted by Gasteiger charge is -2.37. The first-order chi connectivity index (χ1) is 16.8. The minimum Gasteiger partial charge on any atom is -0.408 e. The lowest BCUT2D eigenvalue weighted by molar-refractivity contribution is 0.103. The maximum Gasteiger partial charge on any atom is 0.421 e. The van der Waals surface area contributed by atoms with Crippen molar-refractivity contribution in [1.82, 2.24) is 9.47 Å². The van der Waals surface area contributed by atoms with Gasteiger partial charge in [-0.3, -0.25) is 14.3 Å². The smallest absolute Gasteiger partial charge is 0.408 e. The Morgan fingerprint density at radius 1 is 0.886 bits per heavy atom. The van der Waals surface area contributed by atoms with Crippen LogP contribution in [-0.4, -0.2) is 41.4 Å². The van der Waals surface area contributed by atoms with Gasteiger partial charge < -0.3 is 9.32 Å². The van der Waals surface area contributed by atoms with Crippen LogP contribution >= 0.6 is 0 Å². The van der Waals surface area contributed by atoms with E-state index in [4.69, 9.17) is 4.42 Å². The van der Waals surface area contributed by atoms with Crippen molar-refractivity contribution >= 4 is 22.6 Å². The van der Waals surface area contributed by atoms with Gasteiger partial charge in [-0.05, 0) is 68.7 Å². The third kappa shape index (κ3) is 4.42. The molecule has 0 bridgehead atoms. The van der Waals surface area contributed by atoms with Gasteiger partial charge in [-0.2, -0.15) is 0 Å². The van der Waals surface area contributed by atoms with Crippen molar-refractivity contribution in [2.75, 3.05) is 31.1 Å². The molecule has 5 rings (SSSR count). The molecule has 4 aromatic rings. The molecule has 1 aromatic heterocycles. The van der Waals surface area contributed by atoms with Gasteiger partial charge in [-0.15, -0.1) is 0 Å². The van der Waals surface area contributed by atoms with Crippen LogP contribution in [0.3, 0.4) is 0 Å². The van der Waals surface area contributed by atoms with Crippen LogP contribution in [0.25, 0.3) is 11.1 Å². The molecule has 0 unspecified atom stereocenters.